The van der Waals surface area contributed by atoms with E-state index >= 15 is 0 Å². The molecule has 0 unspecified atom stereocenters. The lowest BCUT2D eigenvalue weighted by Gasteiger charge is -2.17. The van der Waals surface area contributed by atoms with E-state index in [0.717, 1.165) is 4.90 Å². The predicted molar refractivity (Wildman–Crippen MR) is 104 cm³/mol. The second-order valence-corrected chi connectivity index (χ2v) is 6.68. The number of hydrazone groups is 1. The fraction of sp³-hybridized carbons (Fsp3) is 0. The summed E-state index contributed by atoms with van der Waals surface area (Å²) >= 11 is 1.29. The second-order valence-electron chi connectivity index (χ2n) is 5.65. The number of fused-ring (bicyclic) bond motifs is 1. The Kier molecular flexibility index (Phi) is 4.37. The van der Waals surface area contributed by atoms with Gasteiger partial charge in [-0.05, 0) is 36.4 Å². The highest BCUT2D eigenvalue weighted by molar-refractivity contribution is 8.16. The van der Waals surface area contributed by atoms with Gasteiger partial charge in [-0.15, -0.1) is 0 Å². The van der Waals surface area contributed by atoms with Crippen molar-refractivity contribution in [3.63, 3.8) is 0 Å². The Morgan fingerprint density at radius 2 is 1.42 bits per heavy atom. The molecule has 0 aliphatic carbocycles. The summed E-state index contributed by atoms with van der Waals surface area (Å²) in [6.45, 7) is 0. The monoisotopic (exact) mass is 358 g/mol. The van der Waals surface area contributed by atoms with Crippen LogP contribution in [-0.2, 0) is 0 Å². The number of hydrogen-bond acceptors (Lipinski definition) is 4. The van der Waals surface area contributed by atoms with Crippen molar-refractivity contribution in [2.45, 2.75) is 4.90 Å². The molecule has 0 atom stereocenters. The number of para-hydroxylation sites is 1. The number of rotatable bonds is 3. The summed E-state index contributed by atoms with van der Waals surface area (Å²) in [5.74, 6) is -0.443. The van der Waals surface area contributed by atoms with Crippen molar-refractivity contribution in [2.75, 3.05) is 5.01 Å². The molecular weight excluding hydrogens is 344 g/mol. The molecule has 3 aromatic carbocycles. The van der Waals surface area contributed by atoms with Crippen LogP contribution >= 0.6 is 11.8 Å². The molecule has 0 spiro atoms. The van der Waals surface area contributed by atoms with Gasteiger partial charge < -0.3 is 0 Å². The number of hydrogen-bond donors (Lipinski definition) is 0. The zero-order valence-electron chi connectivity index (χ0n) is 13.7. The van der Waals surface area contributed by atoms with E-state index in [1.807, 2.05) is 42.5 Å². The molecule has 0 radical (unpaired) electrons. The van der Waals surface area contributed by atoms with E-state index in [0.29, 0.717) is 21.9 Å². The zero-order valence-corrected chi connectivity index (χ0v) is 14.5. The summed E-state index contributed by atoms with van der Waals surface area (Å²) in [7, 11) is 0. The number of Topliss-reactive ketones (excluding diaryl/α,β-unsaturated/α-hetero) is 1. The van der Waals surface area contributed by atoms with E-state index in [9.17, 15) is 9.59 Å². The molecule has 4 rings (SSSR count). The Morgan fingerprint density at radius 1 is 0.808 bits per heavy atom. The Balaban J connectivity index is 1.76. The van der Waals surface area contributed by atoms with Gasteiger partial charge in [0.2, 0.25) is 5.78 Å². The molecule has 3 aromatic rings. The van der Waals surface area contributed by atoms with Crippen LogP contribution in [0.2, 0.25) is 0 Å². The van der Waals surface area contributed by atoms with E-state index in [4.69, 9.17) is 0 Å². The average molecular weight is 358 g/mol. The smallest absolute Gasteiger partial charge is 0.278 e. The number of amides is 1. The first-order valence-electron chi connectivity index (χ1n) is 8.09. The minimum Gasteiger partial charge on any atom is -0.286 e. The summed E-state index contributed by atoms with van der Waals surface area (Å²) in [6, 6.07) is 25.4. The van der Waals surface area contributed by atoms with E-state index in [2.05, 4.69) is 5.10 Å². The third-order valence-corrected chi connectivity index (χ3v) is 4.97. The average Bonchev–Trinajstić information content (AvgIpc) is 3.03. The van der Waals surface area contributed by atoms with E-state index in [1.54, 1.807) is 42.5 Å². The normalized spacial score (nSPS) is 14.3. The standard InChI is InChI=1S/C21H14N2O2S/c24-19-17-13-7-8-14-18(17)26-20(19)22-23(16-11-5-2-6-12-16)21(25)15-9-3-1-4-10-15/h1-14H/b22-20+. The Morgan fingerprint density at radius 3 is 2.12 bits per heavy atom. The fourth-order valence-electron chi connectivity index (χ4n) is 2.66. The number of benzene rings is 3. The van der Waals surface area contributed by atoms with Crippen molar-refractivity contribution in [2.24, 2.45) is 5.10 Å². The number of ketones is 1. The van der Waals surface area contributed by atoms with E-state index < -0.39 is 0 Å². The van der Waals surface area contributed by atoms with Crippen LogP contribution in [0.15, 0.2) is 94.9 Å². The second kappa shape index (κ2) is 6.98. The minimum absolute atomic E-state index is 0.160. The van der Waals surface area contributed by atoms with Crippen molar-refractivity contribution in [3.8, 4) is 0 Å². The quantitative estimate of drug-likeness (QED) is 0.641. The zero-order chi connectivity index (χ0) is 17.9. The van der Waals surface area contributed by atoms with Gasteiger partial charge >= 0.3 is 0 Å². The molecule has 1 aliphatic heterocycles. The van der Waals surface area contributed by atoms with Crippen molar-refractivity contribution < 1.29 is 9.59 Å². The van der Waals surface area contributed by atoms with Gasteiger partial charge in [0.15, 0.2) is 5.04 Å². The lowest BCUT2D eigenvalue weighted by Crippen LogP contribution is -2.27. The van der Waals surface area contributed by atoms with Crippen LogP contribution in [0.1, 0.15) is 20.7 Å². The summed E-state index contributed by atoms with van der Waals surface area (Å²) in [5.41, 5.74) is 1.74. The van der Waals surface area contributed by atoms with Gasteiger partial charge in [-0.1, -0.05) is 60.3 Å². The van der Waals surface area contributed by atoms with Crippen molar-refractivity contribution in [3.05, 3.63) is 96.1 Å². The number of nitrogens with zero attached hydrogens (tertiary/aromatic N) is 2. The summed E-state index contributed by atoms with van der Waals surface area (Å²) < 4.78 is 0. The summed E-state index contributed by atoms with van der Waals surface area (Å²) in [4.78, 5) is 26.5. The maximum atomic E-state index is 13.0. The molecule has 5 heteroatoms. The van der Waals surface area contributed by atoms with Crippen LogP contribution in [-0.4, -0.2) is 16.7 Å². The molecule has 1 aliphatic rings. The molecule has 1 heterocycles. The van der Waals surface area contributed by atoms with Crippen molar-refractivity contribution >= 4 is 34.2 Å². The molecular formula is C21H14N2O2S. The van der Waals surface area contributed by atoms with Gasteiger partial charge in [-0.2, -0.15) is 10.1 Å². The number of thioether (sulfide) groups is 1. The van der Waals surface area contributed by atoms with E-state index in [1.165, 1.54) is 16.8 Å². The van der Waals surface area contributed by atoms with Gasteiger partial charge in [0.1, 0.15) is 0 Å². The van der Waals surface area contributed by atoms with Gasteiger partial charge in [-0.3, -0.25) is 9.59 Å². The van der Waals surface area contributed by atoms with Gasteiger partial charge in [0.05, 0.1) is 5.69 Å². The maximum Gasteiger partial charge on any atom is 0.278 e. The lowest BCUT2D eigenvalue weighted by atomic mass is 10.1. The highest BCUT2D eigenvalue weighted by atomic mass is 32.2. The molecule has 0 aromatic heterocycles. The fourth-order valence-corrected chi connectivity index (χ4v) is 3.61. The summed E-state index contributed by atoms with van der Waals surface area (Å²) in [6.07, 6.45) is 0. The predicted octanol–water partition coefficient (Wildman–Crippen LogP) is 4.64. The molecule has 126 valence electrons. The number of carbonyl (C=O) groups is 2. The first-order chi connectivity index (χ1) is 12.7. The third kappa shape index (κ3) is 3.05. The first kappa shape index (κ1) is 16.3. The highest BCUT2D eigenvalue weighted by Crippen LogP contribution is 2.34. The molecule has 4 nitrogen and oxygen atoms in total. The molecule has 0 N–H and O–H groups in total. The topological polar surface area (TPSA) is 49.7 Å². The van der Waals surface area contributed by atoms with Crippen LogP contribution in [0.3, 0.4) is 0 Å². The van der Waals surface area contributed by atoms with Crippen LogP contribution < -0.4 is 5.01 Å². The molecule has 0 saturated heterocycles. The van der Waals surface area contributed by atoms with Crippen LogP contribution in [0.5, 0.6) is 0 Å². The highest BCUT2D eigenvalue weighted by Gasteiger charge is 2.29. The van der Waals surface area contributed by atoms with Crippen LogP contribution in [0.25, 0.3) is 0 Å². The summed E-state index contributed by atoms with van der Waals surface area (Å²) in [5, 5.41) is 6.02. The van der Waals surface area contributed by atoms with Gasteiger partial charge in [-0.25, -0.2) is 0 Å². The third-order valence-electron chi connectivity index (χ3n) is 3.94. The molecule has 0 saturated carbocycles. The molecule has 1 amide bonds. The van der Waals surface area contributed by atoms with Crippen LogP contribution in [0.4, 0.5) is 5.69 Å². The number of anilines is 1. The molecule has 0 fully saturated rings. The number of carbonyl (C=O) groups excluding carboxylic acids is 2. The maximum absolute atomic E-state index is 13.0. The van der Waals surface area contributed by atoms with Crippen molar-refractivity contribution in [1.82, 2.24) is 0 Å². The lowest BCUT2D eigenvalue weighted by molar-refractivity contribution is 0.0988. The van der Waals surface area contributed by atoms with Crippen LogP contribution in [0, 0.1) is 0 Å². The largest absolute Gasteiger partial charge is 0.286 e. The molecule has 0 bridgehead atoms. The van der Waals surface area contributed by atoms with Crippen molar-refractivity contribution in [1.29, 1.82) is 0 Å². The van der Waals surface area contributed by atoms with Gasteiger partial charge in [0, 0.05) is 16.0 Å². The Hall–Kier alpha value is -3.18. The Labute approximate surface area is 155 Å². The molecule has 26 heavy (non-hydrogen) atoms. The van der Waals surface area contributed by atoms with Gasteiger partial charge in [0.25, 0.3) is 5.91 Å². The minimum atomic E-state index is -0.284. The first-order valence-corrected chi connectivity index (χ1v) is 8.90. The van der Waals surface area contributed by atoms with E-state index in [-0.39, 0.29) is 11.7 Å². The Bertz CT molecular complexity index is 1000. The SMILES string of the molecule is O=C1/C(=N\N(C(=O)c2ccccc2)c2ccccc2)Sc2ccccc21.